The van der Waals surface area contributed by atoms with E-state index < -0.39 is 22.0 Å². The molecule has 0 spiro atoms. The summed E-state index contributed by atoms with van der Waals surface area (Å²) in [7, 11) is -2.62. The van der Waals surface area contributed by atoms with E-state index >= 15 is 0 Å². The van der Waals surface area contributed by atoms with Gasteiger partial charge in [0.05, 0.1) is 30.6 Å². The number of benzene rings is 1. The third-order valence-electron chi connectivity index (χ3n) is 5.59. The summed E-state index contributed by atoms with van der Waals surface area (Å²) in [6.45, 7) is 7.72. The Balaban J connectivity index is 1.92. The molecule has 2 heterocycles. The fourth-order valence-electron chi connectivity index (χ4n) is 3.58. The monoisotopic (exact) mass is 464 g/mol. The number of carbonyl (C=O) groups excluding carboxylic acids is 1. The van der Waals surface area contributed by atoms with Crippen LogP contribution in [-0.4, -0.2) is 67.9 Å². The highest BCUT2D eigenvalue weighted by molar-refractivity contribution is 7.90. The highest BCUT2D eigenvalue weighted by Gasteiger charge is 2.33. The zero-order valence-corrected chi connectivity index (χ0v) is 19.6. The first kappa shape index (κ1) is 24.1. The number of aromatic nitrogens is 1. The van der Waals surface area contributed by atoms with Gasteiger partial charge in [0, 0.05) is 38.4 Å². The maximum Gasteiger partial charge on any atom is 0.339 e. The van der Waals surface area contributed by atoms with Gasteiger partial charge in [-0.3, -0.25) is 14.2 Å². The van der Waals surface area contributed by atoms with Gasteiger partial charge in [-0.05, 0) is 56.7 Å². The van der Waals surface area contributed by atoms with E-state index in [4.69, 9.17) is 0 Å². The van der Waals surface area contributed by atoms with Gasteiger partial charge in [-0.1, -0.05) is 0 Å². The van der Waals surface area contributed by atoms with Gasteiger partial charge in [-0.15, -0.1) is 0 Å². The van der Waals surface area contributed by atoms with Crippen molar-refractivity contribution in [3.05, 3.63) is 59.2 Å². The van der Waals surface area contributed by atoms with Gasteiger partial charge in [0.2, 0.25) is 0 Å². The Morgan fingerprint density at radius 2 is 1.88 bits per heavy atom. The van der Waals surface area contributed by atoms with Gasteiger partial charge < -0.3 is 4.74 Å². The van der Waals surface area contributed by atoms with E-state index in [9.17, 15) is 17.6 Å². The molecule has 0 unspecified atom stereocenters. The molecule has 32 heavy (non-hydrogen) atoms. The minimum absolute atomic E-state index is 0.0563. The van der Waals surface area contributed by atoms with Crippen LogP contribution in [0.1, 0.15) is 35.5 Å². The van der Waals surface area contributed by atoms with Crippen molar-refractivity contribution in [2.24, 2.45) is 0 Å². The van der Waals surface area contributed by atoms with Gasteiger partial charge >= 0.3 is 16.2 Å². The Kier molecular flexibility index (Phi) is 7.47. The Hall–Kier alpha value is -2.56. The fourth-order valence-corrected chi connectivity index (χ4v) is 5.16. The van der Waals surface area contributed by atoms with E-state index in [-0.39, 0.29) is 12.1 Å². The Morgan fingerprint density at radius 3 is 2.41 bits per heavy atom. The van der Waals surface area contributed by atoms with Crippen molar-refractivity contribution in [2.75, 3.05) is 37.6 Å². The second-order valence-corrected chi connectivity index (χ2v) is 9.86. The van der Waals surface area contributed by atoms with Crippen molar-refractivity contribution in [1.29, 1.82) is 0 Å². The maximum atomic E-state index is 13.9. The molecule has 0 aliphatic carbocycles. The smallest absolute Gasteiger partial charge is 0.339 e. The Bertz CT molecular complexity index is 1050. The van der Waals surface area contributed by atoms with Crippen LogP contribution in [0.2, 0.25) is 0 Å². The Labute approximate surface area is 188 Å². The summed E-state index contributed by atoms with van der Waals surface area (Å²) in [6, 6.07) is 7.69. The lowest BCUT2D eigenvalue weighted by molar-refractivity contribution is 0.0600. The van der Waals surface area contributed by atoms with Crippen molar-refractivity contribution in [3.63, 3.8) is 0 Å². The molecule has 174 valence electrons. The average molecular weight is 465 g/mol. The zero-order valence-electron chi connectivity index (χ0n) is 18.8. The molecular weight excluding hydrogens is 435 g/mol. The van der Waals surface area contributed by atoms with Crippen LogP contribution in [0.4, 0.5) is 10.1 Å². The second-order valence-electron chi connectivity index (χ2n) is 8.01. The molecule has 0 N–H and O–H groups in total. The number of hydrogen-bond donors (Lipinski definition) is 0. The summed E-state index contributed by atoms with van der Waals surface area (Å²) in [5, 5.41) is 0. The maximum absolute atomic E-state index is 13.9. The number of halogens is 1. The fraction of sp³-hybridized carbons (Fsp3) is 0.455. The van der Waals surface area contributed by atoms with E-state index in [0.717, 1.165) is 0 Å². The quantitative estimate of drug-likeness (QED) is 0.586. The number of nitrogens with zero attached hydrogens (tertiary/aromatic N) is 4. The summed E-state index contributed by atoms with van der Waals surface area (Å²) >= 11 is 0. The summed E-state index contributed by atoms with van der Waals surface area (Å²) in [5.41, 5.74) is 1.42. The van der Waals surface area contributed by atoms with Crippen molar-refractivity contribution < 1.29 is 22.3 Å². The topological polar surface area (TPSA) is 83.0 Å². The molecule has 0 saturated carbocycles. The molecular formula is C22H29FN4O4S. The molecule has 1 aliphatic heterocycles. The van der Waals surface area contributed by atoms with Crippen molar-refractivity contribution in [3.8, 4) is 0 Å². The lowest BCUT2D eigenvalue weighted by Gasteiger charge is -2.38. The normalized spacial score (nSPS) is 15.7. The lowest BCUT2D eigenvalue weighted by Crippen LogP contribution is -2.54. The summed E-state index contributed by atoms with van der Waals surface area (Å²) < 4.78 is 48.5. The van der Waals surface area contributed by atoms with E-state index in [1.54, 1.807) is 13.0 Å². The van der Waals surface area contributed by atoms with E-state index in [1.165, 1.54) is 46.2 Å². The standard InChI is InChI=1S/C22H29FN4O4S/c1-16(2)25-9-11-26(12-10-25)32(29,30)27(20-7-8-21(23)17(3)13-20)15-19-6-5-18(14-24-19)22(28)31-4/h5-8,13-14,16H,9-12,15H2,1-4H3. The summed E-state index contributed by atoms with van der Waals surface area (Å²) in [5.74, 6) is -0.928. The molecule has 1 aromatic heterocycles. The average Bonchev–Trinajstić information content (AvgIpc) is 2.79. The van der Waals surface area contributed by atoms with Crippen LogP contribution in [0.15, 0.2) is 36.5 Å². The van der Waals surface area contributed by atoms with Gasteiger partial charge in [0.25, 0.3) is 0 Å². The van der Waals surface area contributed by atoms with E-state index in [1.807, 2.05) is 0 Å². The first-order valence-corrected chi connectivity index (χ1v) is 11.8. The lowest BCUT2D eigenvalue weighted by atomic mass is 10.2. The largest absolute Gasteiger partial charge is 0.465 e. The van der Waals surface area contributed by atoms with Crippen LogP contribution in [0.25, 0.3) is 0 Å². The predicted molar refractivity (Wildman–Crippen MR) is 120 cm³/mol. The van der Waals surface area contributed by atoms with Crippen LogP contribution >= 0.6 is 0 Å². The molecule has 1 saturated heterocycles. The van der Waals surface area contributed by atoms with E-state index in [0.29, 0.717) is 49.2 Å². The van der Waals surface area contributed by atoms with Gasteiger partial charge in [-0.25, -0.2) is 9.18 Å². The number of rotatable bonds is 7. The summed E-state index contributed by atoms with van der Waals surface area (Å²) in [6.07, 6.45) is 1.35. The molecule has 0 atom stereocenters. The molecule has 8 nitrogen and oxygen atoms in total. The van der Waals surface area contributed by atoms with Crippen LogP contribution in [0.3, 0.4) is 0 Å². The highest BCUT2D eigenvalue weighted by atomic mass is 32.2. The number of methoxy groups -OCH3 is 1. The van der Waals surface area contributed by atoms with Crippen LogP contribution in [-0.2, 0) is 21.5 Å². The number of ether oxygens (including phenoxy) is 1. The van der Waals surface area contributed by atoms with Crippen LogP contribution < -0.4 is 4.31 Å². The van der Waals surface area contributed by atoms with Gasteiger partial charge in [0.1, 0.15) is 5.82 Å². The number of aryl methyl sites for hydroxylation is 1. The second kappa shape index (κ2) is 9.93. The number of esters is 1. The van der Waals surface area contributed by atoms with Gasteiger partial charge in [-0.2, -0.15) is 12.7 Å². The molecule has 10 heteroatoms. The van der Waals surface area contributed by atoms with E-state index in [2.05, 4.69) is 28.5 Å². The molecule has 3 rings (SSSR count). The molecule has 0 amide bonds. The van der Waals surface area contributed by atoms with Crippen molar-refractivity contribution in [1.82, 2.24) is 14.2 Å². The molecule has 2 aromatic rings. The molecule has 1 aromatic carbocycles. The SMILES string of the molecule is COC(=O)c1ccc(CN(c2ccc(F)c(C)c2)S(=O)(=O)N2CCN(C(C)C)CC2)nc1. The van der Waals surface area contributed by atoms with Crippen LogP contribution in [0.5, 0.6) is 0 Å². The molecule has 0 bridgehead atoms. The number of pyridine rings is 1. The number of hydrogen-bond acceptors (Lipinski definition) is 6. The molecule has 0 radical (unpaired) electrons. The zero-order chi connectivity index (χ0) is 23.5. The number of carbonyl (C=O) groups is 1. The minimum atomic E-state index is -3.90. The first-order chi connectivity index (χ1) is 15.1. The minimum Gasteiger partial charge on any atom is -0.465 e. The summed E-state index contributed by atoms with van der Waals surface area (Å²) in [4.78, 5) is 18.1. The third-order valence-corrected chi connectivity index (χ3v) is 7.50. The van der Waals surface area contributed by atoms with Crippen molar-refractivity contribution in [2.45, 2.75) is 33.4 Å². The predicted octanol–water partition coefficient (Wildman–Crippen LogP) is 2.59. The van der Waals surface area contributed by atoms with Gasteiger partial charge in [0.15, 0.2) is 0 Å². The molecule has 1 fully saturated rings. The Morgan fingerprint density at radius 1 is 1.19 bits per heavy atom. The molecule has 1 aliphatic rings. The number of anilines is 1. The first-order valence-electron chi connectivity index (χ1n) is 10.4. The highest BCUT2D eigenvalue weighted by Crippen LogP contribution is 2.26. The van der Waals surface area contributed by atoms with Crippen LogP contribution in [0, 0.1) is 12.7 Å². The third kappa shape index (κ3) is 5.25. The van der Waals surface area contributed by atoms with Crippen molar-refractivity contribution >= 4 is 21.9 Å². The number of piperazine rings is 1.